The minimum absolute atomic E-state index is 0.135. The average Bonchev–Trinajstić information content (AvgIpc) is 2.88. The van der Waals surface area contributed by atoms with Gasteiger partial charge in [-0.25, -0.2) is 0 Å². The Balaban J connectivity index is 2.05. The molecule has 0 saturated carbocycles. The van der Waals surface area contributed by atoms with Gasteiger partial charge >= 0.3 is 5.97 Å². The molecule has 1 aromatic heterocycles. The zero-order valence-electron chi connectivity index (χ0n) is 13.4. The lowest BCUT2D eigenvalue weighted by molar-refractivity contribution is -0.151. The number of hydrogen-bond acceptors (Lipinski definition) is 6. The molecule has 1 aromatic rings. The van der Waals surface area contributed by atoms with Crippen LogP contribution in [0, 0.1) is 0 Å². The van der Waals surface area contributed by atoms with Crippen molar-refractivity contribution in [2.24, 2.45) is 0 Å². The third-order valence-corrected chi connectivity index (χ3v) is 3.65. The number of likely N-dealkylation sites (tertiary alicyclic amines) is 1. The van der Waals surface area contributed by atoms with Crippen LogP contribution in [0.2, 0.25) is 0 Å². The molecule has 1 saturated heterocycles. The number of rotatable bonds is 4. The van der Waals surface area contributed by atoms with E-state index in [1.54, 1.807) is 0 Å². The molecule has 1 aliphatic rings. The summed E-state index contributed by atoms with van der Waals surface area (Å²) in [7, 11) is 0. The summed E-state index contributed by atoms with van der Waals surface area (Å²) in [5, 5.41) is 4.03. The van der Waals surface area contributed by atoms with E-state index in [9.17, 15) is 4.79 Å². The largest absolute Gasteiger partial charge is 0.465 e. The minimum atomic E-state index is -0.191. The molecule has 1 unspecified atom stereocenters. The van der Waals surface area contributed by atoms with E-state index in [2.05, 4.69) is 15.0 Å². The van der Waals surface area contributed by atoms with E-state index in [0.29, 0.717) is 24.9 Å². The fourth-order valence-electron chi connectivity index (χ4n) is 2.48. The van der Waals surface area contributed by atoms with E-state index in [-0.39, 0.29) is 17.4 Å². The van der Waals surface area contributed by atoms with Crippen molar-refractivity contribution < 1.29 is 14.1 Å². The Morgan fingerprint density at radius 2 is 2.19 bits per heavy atom. The van der Waals surface area contributed by atoms with Crippen molar-refractivity contribution in [1.82, 2.24) is 15.0 Å². The molecule has 1 fully saturated rings. The van der Waals surface area contributed by atoms with Gasteiger partial charge in [0.15, 0.2) is 5.82 Å². The molecule has 0 spiro atoms. The predicted octanol–water partition coefficient (Wildman–Crippen LogP) is 2.28. The van der Waals surface area contributed by atoms with Gasteiger partial charge in [0, 0.05) is 5.41 Å². The molecule has 0 aliphatic carbocycles. The van der Waals surface area contributed by atoms with E-state index in [1.165, 1.54) is 0 Å². The standard InChI is InChI=1S/C15H25N3O3/c1-5-20-13(19)11-8-6-7-9-18(11)10-12-16-14(17-21-12)15(2,3)4/h11H,5-10H2,1-4H3. The molecule has 1 aliphatic heterocycles. The Hall–Kier alpha value is -1.43. The van der Waals surface area contributed by atoms with Crippen LogP contribution in [0.4, 0.5) is 0 Å². The molecular weight excluding hydrogens is 270 g/mol. The maximum atomic E-state index is 12.0. The zero-order chi connectivity index (χ0) is 15.5. The molecule has 2 heterocycles. The summed E-state index contributed by atoms with van der Waals surface area (Å²) in [5.41, 5.74) is -0.135. The highest BCUT2D eigenvalue weighted by Crippen LogP contribution is 2.22. The Bertz CT molecular complexity index is 479. The number of esters is 1. The highest BCUT2D eigenvalue weighted by atomic mass is 16.5. The van der Waals surface area contributed by atoms with E-state index in [1.807, 2.05) is 27.7 Å². The molecule has 6 nitrogen and oxygen atoms in total. The van der Waals surface area contributed by atoms with Crippen molar-refractivity contribution >= 4 is 5.97 Å². The summed E-state index contributed by atoms with van der Waals surface area (Å²) in [4.78, 5) is 18.6. The van der Waals surface area contributed by atoms with E-state index in [4.69, 9.17) is 9.26 Å². The number of aromatic nitrogens is 2. The second-order valence-electron chi connectivity index (χ2n) is 6.50. The van der Waals surface area contributed by atoms with Gasteiger partial charge in [-0.2, -0.15) is 4.98 Å². The Morgan fingerprint density at radius 1 is 1.43 bits per heavy atom. The quantitative estimate of drug-likeness (QED) is 0.794. The number of nitrogens with zero attached hydrogens (tertiary/aromatic N) is 3. The van der Waals surface area contributed by atoms with Crippen molar-refractivity contribution in [1.29, 1.82) is 0 Å². The minimum Gasteiger partial charge on any atom is -0.465 e. The normalized spacial score (nSPS) is 20.5. The van der Waals surface area contributed by atoms with Gasteiger partial charge in [0.25, 0.3) is 0 Å². The lowest BCUT2D eigenvalue weighted by atomic mass is 9.96. The smallest absolute Gasteiger partial charge is 0.323 e. The van der Waals surface area contributed by atoms with Gasteiger partial charge in [0.1, 0.15) is 6.04 Å². The van der Waals surface area contributed by atoms with Crippen LogP contribution in [-0.2, 0) is 21.5 Å². The summed E-state index contributed by atoms with van der Waals surface area (Å²) >= 11 is 0. The van der Waals surface area contributed by atoms with Crippen molar-refractivity contribution in [3.8, 4) is 0 Å². The summed E-state index contributed by atoms with van der Waals surface area (Å²) < 4.78 is 10.5. The Labute approximate surface area is 125 Å². The van der Waals surface area contributed by atoms with Crippen molar-refractivity contribution in [3.05, 3.63) is 11.7 Å². The molecule has 2 rings (SSSR count). The first-order chi connectivity index (χ1) is 9.91. The lowest BCUT2D eigenvalue weighted by Crippen LogP contribution is -2.45. The molecule has 0 radical (unpaired) electrons. The fraction of sp³-hybridized carbons (Fsp3) is 0.800. The van der Waals surface area contributed by atoms with E-state index in [0.717, 1.165) is 25.8 Å². The van der Waals surface area contributed by atoms with Crippen molar-refractivity contribution in [2.75, 3.05) is 13.2 Å². The third kappa shape index (κ3) is 4.03. The monoisotopic (exact) mass is 295 g/mol. The maximum Gasteiger partial charge on any atom is 0.323 e. The zero-order valence-corrected chi connectivity index (χ0v) is 13.4. The van der Waals surface area contributed by atoms with Crippen LogP contribution in [-0.4, -0.2) is 40.2 Å². The number of carbonyl (C=O) groups is 1. The first-order valence-corrected chi connectivity index (χ1v) is 7.65. The van der Waals surface area contributed by atoms with Gasteiger partial charge in [0.05, 0.1) is 13.2 Å². The highest BCUT2D eigenvalue weighted by molar-refractivity contribution is 5.75. The molecule has 6 heteroatoms. The van der Waals surface area contributed by atoms with Crippen LogP contribution in [0.3, 0.4) is 0 Å². The Kier molecular flexibility index (Phi) is 4.98. The van der Waals surface area contributed by atoms with Crippen LogP contribution >= 0.6 is 0 Å². The molecule has 0 N–H and O–H groups in total. The molecule has 0 aromatic carbocycles. The Morgan fingerprint density at radius 3 is 2.81 bits per heavy atom. The summed E-state index contributed by atoms with van der Waals surface area (Å²) in [5.74, 6) is 1.12. The molecular formula is C15H25N3O3. The highest BCUT2D eigenvalue weighted by Gasteiger charge is 2.31. The number of carbonyl (C=O) groups excluding carboxylic acids is 1. The molecule has 118 valence electrons. The number of ether oxygens (including phenoxy) is 1. The van der Waals surface area contributed by atoms with Crippen molar-refractivity contribution in [3.63, 3.8) is 0 Å². The second kappa shape index (κ2) is 6.56. The molecule has 0 bridgehead atoms. The number of piperidine rings is 1. The van der Waals surface area contributed by atoms with Crippen LogP contribution in [0.15, 0.2) is 4.52 Å². The van der Waals surface area contributed by atoms with Gasteiger partial charge in [-0.3, -0.25) is 9.69 Å². The van der Waals surface area contributed by atoms with Gasteiger partial charge in [-0.15, -0.1) is 0 Å². The van der Waals surface area contributed by atoms with Gasteiger partial charge in [-0.05, 0) is 26.3 Å². The summed E-state index contributed by atoms with van der Waals surface area (Å²) in [6.45, 7) is 9.75. The molecule has 0 amide bonds. The summed E-state index contributed by atoms with van der Waals surface area (Å²) in [6, 6.07) is -0.191. The molecule has 1 atom stereocenters. The maximum absolute atomic E-state index is 12.0. The third-order valence-electron chi connectivity index (χ3n) is 3.65. The number of hydrogen-bond donors (Lipinski definition) is 0. The lowest BCUT2D eigenvalue weighted by Gasteiger charge is -2.32. The van der Waals surface area contributed by atoms with Gasteiger partial charge in [0.2, 0.25) is 5.89 Å². The van der Waals surface area contributed by atoms with Gasteiger partial charge < -0.3 is 9.26 Å². The van der Waals surface area contributed by atoms with Crippen LogP contribution in [0.5, 0.6) is 0 Å². The van der Waals surface area contributed by atoms with Crippen molar-refractivity contribution in [2.45, 2.75) is 65.0 Å². The SMILES string of the molecule is CCOC(=O)C1CCCCN1Cc1nc(C(C)(C)C)no1. The summed E-state index contributed by atoms with van der Waals surface area (Å²) in [6.07, 6.45) is 2.96. The molecule has 21 heavy (non-hydrogen) atoms. The van der Waals surface area contributed by atoms with E-state index >= 15 is 0 Å². The van der Waals surface area contributed by atoms with Gasteiger partial charge in [-0.1, -0.05) is 32.3 Å². The average molecular weight is 295 g/mol. The first kappa shape index (κ1) is 15.9. The predicted molar refractivity (Wildman–Crippen MR) is 77.7 cm³/mol. The van der Waals surface area contributed by atoms with Crippen LogP contribution < -0.4 is 0 Å². The second-order valence-corrected chi connectivity index (χ2v) is 6.50. The topological polar surface area (TPSA) is 68.5 Å². The first-order valence-electron chi connectivity index (χ1n) is 7.65. The fourth-order valence-corrected chi connectivity index (χ4v) is 2.48. The van der Waals surface area contributed by atoms with Crippen LogP contribution in [0.25, 0.3) is 0 Å². The van der Waals surface area contributed by atoms with Crippen LogP contribution in [0.1, 0.15) is 58.7 Å². The van der Waals surface area contributed by atoms with E-state index < -0.39 is 0 Å².